The number of carbonyl (C=O) groups is 2. The molecule has 3 aromatic rings. The van der Waals surface area contributed by atoms with Gasteiger partial charge in [-0.2, -0.15) is 0 Å². The molecule has 3 rings (SSSR count). The minimum Gasteiger partial charge on any atom is -0.457 e. The van der Waals surface area contributed by atoms with Crippen LogP contribution in [0, 0.1) is 17.0 Å². The number of halogens is 3. The number of nitrogen functional groups attached to an aromatic ring is 1. The Morgan fingerprint density at radius 1 is 1.08 bits per heavy atom. The molecular formula is C26H25ClF2N4O4. The SMILES string of the molecule is CCOC(C(=O)N(Cl)Cc1ccc(C(=N)N)cc1)c1c(F)cc(Oc2cccc(NC(C)=O)c2)cc1F. The summed E-state index contributed by atoms with van der Waals surface area (Å²) in [6, 6.07) is 14.6. The molecule has 0 fully saturated rings. The summed E-state index contributed by atoms with van der Waals surface area (Å²) in [7, 11) is 0. The molecule has 194 valence electrons. The summed E-state index contributed by atoms with van der Waals surface area (Å²) in [6.07, 6.45) is -1.64. The van der Waals surface area contributed by atoms with Crippen molar-refractivity contribution in [3.63, 3.8) is 0 Å². The number of hydrogen-bond acceptors (Lipinski definition) is 5. The Kier molecular flexibility index (Phi) is 9.15. The first-order valence-electron chi connectivity index (χ1n) is 11.2. The maximum atomic E-state index is 15.1. The zero-order valence-corrected chi connectivity index (χ0v) is 20.8. The van der Waals surface area contributed by atoms with Crippen LogP contribution in [0.25, 0.3) is 0 Å². The summed E-state index contributed by atoms with van der Waals surface area (Å²) < 4.78 is 41.9. The number of nitrogens with zero attached hydrogens (tertiary/aromatic N) is 1. The topological polar surface area (TPSA) is 118 Å². The molecule has 8 nitrogen and oxygen atoms in total. The van der Waals surface area contributed by atoms with Crippen LogP contribution in [0.2, 0.25) is 0 Å². The van der Waals surface area contributed by atoms with Gasteiger partial charge < -0.3 is 20.5 Å². The van der Waals surface area contributed by atoms with E-state index in [1.165, 1.54) is 13.0 Å². The fourth-order valence-electron chi connectivity index (χ4n) is 3.45. The molecule has 11 heteroatoms. The summed E-state index contributed by atoms with van der Waals surface area (Å²) in [5.41, 5.74) is 6.38. The molecule has 0 heterocycles. The van der Waals surface area contributed by atoms with Gasteiger partial charge in [-0.1, -0.05) is 30.3 Å². The number of amides is 2. The molecule has 0 saturated carbocycles. The highest BCUT2D eigenvalue weighted by Gasteiger charge is 2.32. The Hall–Kier alpha value is -4.02. The molecule has 0 spiro atoms. The molecule has 0 bridgehead atoms. The van der Waals surface area contributed by atoms with E-state index >= 15 is 8.78 Å². The third kappa shape index (κ3) is 7.25. The van der Waals surface area contributed by atoms with Gasteiger partial charge in [-0.15, -0.1) is 0 Å². The predicted octanol–water partition coefficient (Wildman–Crippen LogP) is 5.26. The second-order valence-electron chi connectivity index (χ2n) is 7.92. The van der Waals surface area contributed by atoms with Gasteiger partial charge in [0.05, 0.1) is 12.1 Å². The van der Waals surface area contributed by atoms with Crippen LogP contribution in [0.5, 0.6) is 11.5 Å². The highest BCUT2D eigenvalue weighted by molar-refractivity contribution is 6.21. The molecule has 0 aromatic heterocycles. The fraction of sp³-hybridized carbons (Fsp3) is 0.192. The van der Waals surface area contributed by atoms with E-state index in [0.717, 1.165) is 16.6 Å². The van der Waals surface area contributed by atoms with Crippen LogP contribution in [0.15, 0.2) is 60.7 Å². The van der Waals surface area contributed by atoms with E-state index in [4.69, 9.17) is 32.4 Å². The second kappa shape index (κ2) is 12.3. The normalized spacial score (nSPS) is 11.5. The van der Waals surface area contributed by atoms with E-state index in [0.29, 0.717) is 16.8 Å². The van der Waals surface area contributed by atoms with Crippen molar-refractivity contribution in [2.75, 3.05) is 11.9 Å². The highest BCUT2D eigenvalue weighted by atomic mass is 35.5. The first-order valence-corrected chi connectivity index (χ1v) is 11.5. The average Bonchev–Trinajstić information content (AvgIpc) is 2.82. The molecule has 2 amide bonds. The van der Waals surface area contributed by atoms with Gasteiger partial charge in [0.15, 0.2) is 6.10 Å². The zero-order valence-electron chi connectivity index (χ0n) is 20.1. The summed E-state index contributed by atoms with van der Waals surface area (Å²) in [4.78, 5) is 24.3. The van der Waals surface area contributed by atoms with Crippen LogP contribution in [-0.2, 0) is 20.9 Å². The lowest BCUT2D eigenvalue weighted by Crippen LogP contribution is -2.30. The number of carbonyl (C=O) groups excluding carboxylic acids is 2. The zero-order chi connectivity index (χ0) is 27.1. The summed E-state index contributed by atoms with van der Waals surface area (Å²) in [5, 5.41) is 10.0. The number of nitrogens with two attached hydrogens (primary N) is 1. The smallest absolute Gasteiger partial charge is 0.271 e. The molecule has 4 N–H and O–H groups in total. The maximum absolute atomic E-state index is 15.1. The first-order chi connectivity index (χ1) is 17.6. The first kappa shape index (κ1) is 27.6. The molecule has 0 radical (unpaired) electrons. The monoisotopic (exact) mass is 530 g/mol. The maximum Gasteiger partial charge on any atom is 0.271 e. The minimum absolute atomic E-state index is 0.0124. The van der Waals surface area contributed by atoms with Crippen molar-refractivity contribution in [3.05, 3.63) is 89.0 Å². The van der Waals surface area contributed by atoms with E-state index in [-0.39, 0.29) is 36.4 Å². The molecule has 0 aliphatic rings. The number of ether oxygens (including phenoxy) is 2. The standard InChI is InChI=1S/C26H25ClF2N4O4/c1-3-36-24(26(35)33(27)14-16-7-9-17(10-8-16)25(30)31)23-21(28)12-20(13-22(23)29)37-19-6-4-5-18(11-19)32-15(2)34/h4-13,24H,3,14H2,1-2H3,(H3,30,31)(H,32,34). The molecule has 0 saturated heterocycles. The summed E-state index contributed by atoms with van der Waals surface area (Å²) >= 11 is 6.18. The number of benzene rings is 3. The predicted molar refractivity (Wildman–Crippen MR) is 135 cm³/mol. The third-order valence-corrected chi connectivity index (χ3v) is 5.37. The van der Waals surface area contributed by atoms with Crippen LogP contribution in [-0.4, -0.2) is 28.7 Å². The van der Waals surface area contributed by atoms with E-state index in [9.17, 15) is 9.59 Å². The van der Waals surface area contributed by atoms with Crippen molar-refractivity contribution >= 4 is 35.1 Å². The van der Waals surface area contributed by atoms with Gasteiger partial charge in [-0.05, 0) is 24.6 Å². The highest BCUT2D eigenvalue weighted by Crippen LogP contribution is 2.32. The molecule has 37 heavy (non-hydrogen) atoms. The Balaban J connectivity index is 1.81. The molecule has 3 aromatic carbocycles. The van der Waals surface area contributed by atoms with Gasteiger partial charge in [-0.25, -0.2) is 13.2 Å². The fourth-order valence-corrected chi connectivity index (χ4v) is 3.67. The van der Waals surface area contributed by atoms with Gasteiger partial charge in [-0.3, -0.25) is 15.0 Å². The van der Waals surface area contributed by atoms with Gasteiger partial charge in [0.25, 0.3) is 5.91 Å². The number of nitrogens with one attached hydrogen (secondary N) is 2. The van der Waals surface area contributed by atoms with Gasteiger partial charge >= 0.3 is 0 Å². The lowest BCUT2D eigenvalue weighted by atomic mass is 10.1. The van der Waals surface area contributed by atoms with Crippen LogP contribution in [0.1, 0.15) is 36.6 Å². The Morgan fingerprint density at radius 2 is 1.73 bits per heavy atom. The Bertz CT molecular complexity index is 1280. The third-order valence-electron chi connectivity index (χ3n) is 5.09. The largest absolute Gasteiger partial charge is 0.457 e. The van der Waals surface area contributed by atoms with E-state index < -0.39 is 29.2 Å². The molecule has 1 unspecified atom stereocenters. The van der Waals surface area contributed by atoms with Crippen molar-refractivity contribution in [1.29, 1.82) is 5.41 Å². The lowest BCUT2D eigenvalue weighted by Gasteiger charge is -2.23. The molecule has 0 aliphatic heterocycles. The van der Waals surface area contributed by atoms with Crippen molar-refractivity contribution in [3.8, 4) is 11.5 Å². The number of anilines is 1. The van der Waals surface area contributed by atoms with Crippen molar-refractivity contribution in [1.82, 2.24) is 4.42 Å². The Morgan fingerprint density at radius 3 is 2.30 bits per heavy atom. The Labute approximate surface area is 217 Å². The van der Waals surface area contributed by atoms with E-state index in [1.54, 1.807) is 49.4 Å². The van der Waals surface area contributed by atoms with Crippen LogP contribution < -0.4 is 15.8 Å². The van der Waals surface area contributed by atoms with Crippen molar-refractivity contribution in [2.24, 2.45) is 5.73 Å². The van der Waals surface area contributed by atoms with Crippen molar-refractivity contribution in [2.45, 2.75) is 26.5 Å². The quantitative estimate of drug-likeness (QED) is 0.188. The summed E-state index contributed by atoms with van der Waals surface area (Å²) in [5.74, 6) is -3.31. The lowest BCUT2D eigenvalue weighted by molar-refractivity contribution is -0.139. The number of amidine groups is 1. The molecule has 0 aliphatic carbocycles. The van der Waals surface area contributed by atoms with E-state index in [2.05, 4.69) is 5.32 Å². The van der Waals surface area contributed by atoms with Gasteiger partial charge in [0.1, 0.15) is 29.0 Å². The average molecular weight is 531 g/mol. The van der Waals surface area contributed by atoms with Gasteiger partial charge in [0, 0.05) is 54.8 Å². The van der Waals surface area contributed by atoms with Crippen LogP contribution >= 0.6 is 11.8 Å². The van der Waals surface area contributed by atoms with Crippen LogP contribution in [0.3, 0.4) is 0 Å². The van der Waals surface area contributed by atoms with Gasteiger partial charge in [0.2, 0.25) is 5.91 Å². The number of hydrogen-bond donors (Lipinski definition) is 3. The molecular weight excluding hydrogens is 506 g/mol. The minimum atomic E-state index is -1.64. The van der Waals surface area contributed by atoms with Crippen molar-refractivity contribution < 1.29 is 27.8 Å². The second-order valence-corrected chi connectivity index (χ2v) is 8.32. The number of rotatable bonds is 10. The van der Waals surface area contributed by atoms with E-state index in [1.807, 2.05) is 0 Å². The van der Waals surface area contributed by atoms with Crippen LogP contribution in [0.4, 0.5) is 14.5 Å². The summed E-state index contributed by atoms with van der Waals surface area (Å²) in [6.45, 7) is 2.83. The molecule has 1 atom stereocenters.